The van der Waals surface area contributed by atoms with Crippen molar-refractivity contribution in [1.82, 2.24) is 0 Å². The first kappa shape index (κ1) is 17.0. The van der Waals surface area contributed by atoms with Gasteiger partial charge in [0.15, 0.2) is 35.6 Å². The minimum Gasteiger partial charge on any atom is -0.434 e. The summed E-state index contributed by atoms with van der Waals surface area (Å²) in [5.74, 6) is -9.51. The van der Waals surface area contributed by atoms with Crippen molar-refractivity contribution >= 4 is 12.3 Å². The number of carbonyl (C=O) groups excluding carboxylic acids is 2. The number of cyclic esters (lactones) is 2. The number of hydrogen-bond acceptors (Lipinski definition) is 6. The fourth-order valence-corrected chi connectivity index (χ4v) is 1.71. The normalized spacial score (nSPS) is 25.9. The molecule has 2 rings (SSSR count). The van der Waals surface area contributed by atoms with Crippen LogP contribution in [0.25, 0.3) is 0 Å². The second-order valence-electron chi connectivity index (χ2n) is 4.56. The Hall–Kier alpha value is -2.33. The van der Waals surface area contributed by atoms with Gasteiger partial charge in [-0.2, -0.15) is 0 Å². The lowest BCUT2D eigenvalue weighted by molar-refractivity contribution is -0.0453. The molecule has 0 radical (unpaired) electrons. The first-order valence-corrected chi connectivity index (χ1v) is 6.19. The molecular formula is C12H9F5O6. The molecule has 1 saturated heterocycles. The van der Waals surface area contributed by atoms with E-state index in [9.17, 15) is 31.5 Å². The number of allylic oxidation sites excluding steroid dienone is 2. The summed E-state index contributed by atoms with van der Waals surface area (Å²) in [7, 11) is 0. The van der Waals surface area contributed by atoms with E-state index in [4.69, 9.17) is 0 Å². The van der Waals surface area contributed by atoms with Gasteiger partial charge in [-0.3, -0.25) is 0 Å². The molecule has 128 valence electrons. The van der Waals surface area contributed by atoms with Crippen LogP contribution < -0.4 is 0 Å². The molecule has 0 aromatic carbocycles. The van der Waals surface area contributed by atoms with E-state index in [2.05, 4.69) is 18.9 Å². The van der Waals surface area contributed by atoms with Gasteiger partial charge in [0.05, 0.1) is 5.92 Å². The van der Waals surface area contributed by atoms with Crippen LogP contribution in [0.15, 0.2) is 23.3 Å². The third kappa shape index (κ3) is 3.71. The highest BCUT2D eigenvalue weighted by molar-refractivity contribution is 5.61. The molecule has 1 fully saturated rings. The second kappa shape index (κ2) is 6.84. The molecule has 2 unspecified atom stereocenters. The Morgan fingerprint density at radius 3 is 2.26 bits per heavy atom. The van der Waals surface area contributed by atoms with Crippen molar-refractivity contribution in [1.29, 1.82) is 0 Å². The number of hydrogen-bond donors (Lipinski definition) is 0. The molecule has 0 aromatic rings. The van der Waals surface area contributed by atoms with Crippen molar-refractivity contribution in [3.8, 4) is 0 Å². The van der Waals surface area contributed by atoms with Crippen LogP contribution in [0.1, 0.15) is 0 Å². The van der Waals surface area contributed by atoms with E-state index in [1.54, 1.807) is 0 Å². The van der Waals surface area contributed by atoms with Gasteiger partial charge in [0, 0.05) is 0 Å². The van der Waals surface area contributed by atoms with Crippen molar-refractivity contribution in [2.45, 2.75) is 12.3 Å². The van der Waals surface area contributed by atoms with Gasteiger partial charge in [0.1, 0.15) is 19.8 Å². The molecular weight excluding hydrogens is 335 g/mol. The molecule has 2 aliphatic rings. The van der Waals surface area contributed by atoms with Gasteiger partial charge >= 0.3 is 12.3 Å². The molecule has 1 aliphatic heterocycles. The smallest absolute Gasteiger partial charge is 0.434 e. The van der Waals surface area contributed by atoms with Gasteiger partial charge in [-0.15, -0.1) is 0 Å². The molecule has 0 bridgehead atoms. The summed E-state index contributed by atoms with van der Waals surface area (Å²) in [5.41, 5.74) is 0. The van der Waals surface area contributed by atoms with Crippen molar-refractivity contribution < 1.29 is 50.5 Å². The van der Waals surface area contributed by atoms with Crippen LogP contribution in [0.4, 0.5) is 31.5 Å². The molecule has 0 saturated carbocycles. The van der Waals surface area contributed by atoms with Gasteiger partial charge in [-0.25, -0.2) is 31.5 Å². The monoisotopic (exact) mass is 344 g/mol. The summed E-state index contributed by atoms with van der Waals surface area (Å²) in [4.78, 5) is 21.9. The van der Waals surface area contributed by atoms with E-state index in [0.29, 0.717) is 0 Å². The number of halogens is 5. The van der Waals surface area contributed by atoms with E-state index >= 15 is 0 Å². The van der Waals surface area contributed by atoms with E-state index < -0.39 is 60.4 Å². The zero-order valence-corrected chi connectivity index (χ0v) is 11.2. The topological polar surface area (TPSA) is 71.1 Å². The minimum atomic E-state index is -3.04. The minimum absolute atomic E-state index is 0.132. The van der Waals surface area contributed by atoms with Crippen molar-refractivity contribution in [3.63, 3.8) is 0 Å². The predicted molar refractivity (Wildman–Crippen MR) is 60.4 cm³/mol. The molecule has 0 aromatic heterocycles. The van der Waals surface area contributed by atoms with Gasteiger partial charge in [-0.1, -0.05) is 0 Å². The lowest BCUT2D eigenvalue weighted by Crippen LogP contribution is -2.35. The summed E-state index contributed by atoms with van der Waals surface area (Å²) < 4.78 is 83.0. The van der Waals surface area contributed by atoms with Crippen LogP contribution in [-0.2, 0) is 18.9 Å². The molecule has 6 nitrogen and oxygen atoms in total. The molecule has 1 heterocycles. The van der Waals surface area contributed by atoms with Gasteiger partial charge < -0.3 is 18.9 Å². The Morgan fingerprint density at radius 1 is 1.09 bits per heavy atom. The number of rotatable bonds is 3. The van der Waals surface area contributed by atoms with Gasteiger partial charge in [-0.05, 0) is 0 Å². The average molecular weight is 344 g/mol. The van der Waals surface area contributed by atoms with Crippen LogP contribution in [0.5, 0.6) is 0 Å². The van der Waals surface area contributed by atoms with Crippen LogP contribution in [0.2, 0.25) is 0 Å². The van der Waals surface area contributed by atoms with Crippen molar-refractivity contribution in [3.05, 3.63) is 23.3 Å². The highest BCUT2D eigenvalue weighted by Gasteiger charge is 2.43. The summed E-state index contributed by atoms with van der Waals surface area (Å²) in [6.07, 6.45) is -8.23. The average Bonchev–Trinajstić information content (AvgIpc) is 2.54. The van der Waals surface area contributed by atoms with E-state index in [0.717, 1.165) is 0 Å². The van der Waals surface area contributed by atoms with Crippen molar-refractivity contribution in [2.24, 2.45) is 5.92 Å². The largest absolute Gasteiger partial charge is 0.509 e. The third-order valence-electron chi connectivity index (χ3n) is 2.90. The van der Waals surface area contributed by atoms with Crippen LogP contribution >= 0.6 is 0 Å². The van der Waals surface area contributed by atoms with Gasteiger partial charge in [0.25, 0.3) is 0 Å². The predicted octanol–water partition coefficient (Wildman–Crippen LogP) is 2.94. The molecule has 2 atom stereocenters. The van der Waals surface area contributed by atoms with Crippen LogP contribution in [0, 0.1) is 5.92 Å². The molecule has 0 amide bonds. The molecule has 1 aliphatic carbocycles. The highest BCUT2D eigenvalue weighted by Crippen LogP contribution is 2.37. The summed E-state index contributed by atoms with van der Waals surface area (Å²) in [6, 6.07) is 0. The zero-order chi connectivity index (χ0) is 17.1. The lowest BCUT2D eigenvalue weighted by atomic mass is 10.1. The summed E-state index contributed by atoms with van der Waals surface area (Å²) in [6.45, 7) is -0.671. The van der Waals surface area contributed by atoms with Crippen LogP contribution in [-0.4, -0.2) is 44.4 Å². The SMILES string of the molecule is O=C1OCC(COC(=O)OC2C(F)=C(F)C(F)=C(F)C2F)CO1. The Labute approximate surface area is 125 Å². The van der Waals surface area contributed by atoms with Crippen molar-refractivity contribution in [2.75, 3.05) is 19.8 Å². The molecule has 0 spiro atoms. The van der Waals surface area contributed by atoms with E-state index in [1.807, 2.05) is 0 Å². The summed E-state index contributed by atoms with van der Waals surface area (Å²) >= 11 is 0. The highest BCUT2D eigenvalue weighted by atomic mass is 19.2. The fourth-order valence-electron chi connectivity index (χ4n) is 1.71. The first-order chi connectivity index (χ1) is 10.8. The third-order valence-corrected chi connectivity index (χ3v) is 2.90. The first-order valence-electron chi connectivity index (χ1n) is 6.19. The maximum absolute atomic E-state index is 13.4. The maximum Gasteiger partial charge on any atom is 0.509 e. The maximum atomic E-state index is 13.4. The Kier molecular flexibility index (Phi) is 5.06. The second-order valence-corrected chi connectivity index (χ2v) is 4.56. The fraction of sp³-hybridized carbons (Fsp3) is 0.500. The number of alkyl halides is 1. The quantitative estimate of drug-likeness (QED) is 0.579. The molecule has 23 heavy (non-hydrogen) atoms. The Balaban J connectivity index is 1.89. The van der Waals surface area contributed by atoms with Crippen LogP contribution in [0.3, 0.4) is 0 Å². The number of carbonyl (C=O) groups is 2. The van der Waals surface area contributed by atoms with E-state index in [-0.39, 0.29) is 13.2 Å². The number of ether oxygens (including phenoxy) is 4. The Bertz CT molecular complexity index is 564. The standard InChI is InChI=1S/C12H9F5O6/c13-5-6(14)8(16)10(9(17)7(5)15)23-12(19)22-3-4-1-20-11(18)21-2-4/h4,8,10H,1-3H2. The molecule has 11 heteroatoms. The summed E-state index contributed by atoms with van der Waals surface area (Å²) in [5, 5.41) is 0. The lowest BCUT2D eigenvalue weighted by Gasteiger charge is -2.24. The Morgan fingerprint density at radius 2 is 1.65 bits per heavy atom. The zero-order valence-electron chi connectivity index (χ0n) is 11.2. The van der Waals surface area contributed by atoms with E-state index in [1.165, 1.54) is 0 Å². The molecule has 0 N–H and O–H groups in total. The van der Waals surface area contributed by atoms with Gasteiger partial charge in [0.2, 0.25) is 0 Å².